The molecule has 0 aromatic rings. The van der Waals surface area contributed by atoms with Crippen LogP contribution in [-0.4, -0.2) is 59.2 Å². The standard InChI is InChI=1S/C8H18NP.C8H17N.C7H16NOP.C7H16NP.C7H15N.C6H14NOP.4CH4.2Na.2H/c1-2-7-3-5-8(9-10)6-4-7;1-2-7-3-5-8(9)6-4-7;9-5-6-1-3-7(8-10)4-2-6;1-6-2-4-7(8-9)5-3-6;1-6-2-4-7(8)5-3-6;8-6-3-1-5(7-9)2-4-6;;;;;;;;/h7-9H,2-6,10H2,1H3;7-8H,2-6,9H2,1H3;6-9H,1-5,10H2;6-8H,2-5,9H2,1H3;6-7H,2-5,8H2,1H3;5-8H,1-4,9H2;4*1H4;;;;/q;;;;;;;;;;2*+1;2*-1. The predicted octanol–water partition coefficient (Wildman–Crippen LogP) is 6.08. The summed E-state index contributed by atoms with van der Waals surface area (Å²) >= 11 is 0. The summed E-state index contributed by atoms with van der Waals surface area (Å²) < 4.78 is 0. The SMILES string of the molecule is C.C.C.C.CC1CCC(N)CC1.CC1CCC(NP)CC1.CCC1CCC(N)CC1.CCC1CCC(NP)CC1.OC1CCC(NP)CC1.OCC1CCC(NP)CC1.[H-].[H-].[Na+].[Na+]. The largest absolute Gasteiger partial charge is 1.00 e. The molecule has 0 amide bonds. The zero-order valence-corrected chi connectivity index (χ0v) is 47.0. The molecule has 0 aromatic heterocycles. The molecule has 6 aliphatic carbocycles. The second-order valence-electron chi connectivity index (χ2n) is 18.4. The Morgan fingerprint density at radius 3 is 0.918 bits per heavy atom. The van der Waals surface area contributed by atoms with Crippen molar-refractivity contribution in [2.24, 2.45) is 41.1 Å². The van der Waals surface area contributed by atoms with Crippen LogP contribution < -0.4 is 90.9 Å². The quantitative estimate of drug-likeness (QED) is 0.114. The molecule has 61 heavy (non-hydrogen) atoms. The molecule has 366 valence electrons. The summed E-state index contributed by atoms with van der Waals surface area (Å²) in [7, 11) is 10.3. The van der Waals surface area contributed by atoms with Crippen LogP contribution >= 0.6 is 37.6 Å². The van der Waals surface area contributed by atoms with Crippen LogP contribution in [0, 0.1) is 29.6 Å². The third kappa shape index (κ3) is 39.9. The Hall–Kier alpha value is 3.40. The summed E-state index contributed by atoms with van der Waals surface area (Å²) in [4.78, 5) is 0. The zero-order valence-electron chi connectivity index (χ0n) is 40.4. The summed E-state index contributed by atoms with van der Waals surface area (Å²) in [6, 6.07) is 3.91. The molecule has 0 heterocycles. The van der Waals surface area contributed by atoms with Gasteiger partial charge in [0.15, 0.2) is 0 Å². The van der Waals surface area contributed by atoms with E-state index >= 15 is 0 Å². The van der Waals surface area contributed by atoms with E-state index < -0.39 is 0 Å². The first kappa shape index (κ1) is 75.9. The Balaban J connectivity index is -0.0000000938. The van der Waals surface area contributed by atoms with Crippen molar-refractivity contribution in [3.05, 3.63) is 0 Å². The first-order valence-electron chi connectivity index (χ1n) is 23.1. The van der Waals surface area contributed by atoms with E-state index in [2.05, 4.69) is 85.6 Å². The fraction of sp³-hybridized carbons (Fsp3) is 1.00. The van der Waals surface area contributed by atoms with Crippen LogP contribution in [0.25, 0.3) is 0 Å². The van der Waals surface area contributed by atoms with Gasteiger partial charge in [0.2, 0.25) is 0 Å². The van der Waals surface area contributed by atoms with Gasteiger partial charge in [0, 0.05) is 42.9 Å². The Morgan fingerprint density at radius 2 is 0.656 bits per heavy atom. The molecule has 4 atom stereocenters. The monoisotopic (exact) mass is 965 g/mol. The number of aliphatic hydroxyl groups is 2. The zero-order chi connectivity index (χ0) is 40.8. The summed E-state index contributed by atoms with van der Waals surface area (Å²) in [6.45, 7) is 9.62. The fourth-order valence-corrected chi connectivity index (χ4v) is 10.1. The fourth-order valence-electron chi connectivity index (χ4n) is 8.80. The third-order valence-corrected chi connectivity index (χ3v) is 15.6. The van der Waals surface area contributed by atoms with E-state index in [4.69, 9.17) is 21.7 Å². The maximum atomic E-state index is 9.09. The molecule has 6 fully saturated rings. The predicted molar refractivity (Wildman–Crippen MR) is 285 cm³/mol. The first-order chi connectivity index (χ1) is 26.5. The molecule has 4 unspecified atom stereocenters. The molecule has 6 saturated carbocycles. The van der Waals surface area contributed by atoms with Crippen LogP contribution in [0.4, 0.5) is 0 Å². The van der Waals surface area contributed by atoms with E-state index in [0.717, 1.165) is 61.4 Å². The Labute approximate surface area is 440 Å². The van der Waals surface area contributed by atoms with Crippen molar-refractivity contribution in [3.8, 4) is 0 Å². The van der Waals surface area contributed by atoms with Crippen LogP contribution in [0.3, 0.4) is 0 Å². The maximum Gasteiger partial charge on any atom is 1.00 e. The van der Waals surface area contributed by atoms with Gasteiger partial charge < -0.3 is 24.5 Å². The van der Waals surface area contributed by atoms with Gasteiger partial charge >= 0.3 is 59.1 Å². The van der Waals surface area contributed by atoms with E-state index in [1.807, 2.05) is 0 Å². The van der Waals surface area contributed by atoms with Gasteiger partial charge in [0.1, 0.15) is 0 Å². The van der Waals surface area contributed by atoms with E-state index in [-0.39, 0.29) is 97.8 Å². The molecule has 0 bridgehead atoms. The second-order valence-corrected chi connectivity index (χ2v) is 19.7. The molecule has 0 aliphatic heterocycles. The average Bonchev–Trinajstić information content (AvgIpc) is 3.24. The van der Waals surface area contributed by atoms with Gasteiger partial charge in [-0.1, -0.05) is 108 Å². The topological polar surface area (TPSA) is 141 Å². The average molecular weight is 965 g/mol. The van der Waals surface area contributed by atoms with Gasteiger partial charge in [-0.05, 0) is 184 Å². The summed E-state index contributed by atoms with van der Waals surface area (Å²) in [5, 5.41) is 30.7. The second kappa shape index (κ2) is 49.8. The van der Waals surface area contributed by atoms with Crippen molar-refractivity contribution in [2.75, 3.05) is 6.61 Å². The smallest absolute Gasteiger partial charge is 1.00 e. The van der Waals surface area contributed by atoms with Gasteiger partial charge in [-0.3, -0.25) is 20.3 Å². The molecular formula is C47H114N6Na2O2P4. The van der Waals surface area contributed by atoms with Crippen LogP contribution in [-0.2, 0) is 0 Å². The minimum atomic E-state index is -0.0281. The van der Waals surface area contributed by atoms with E-state index in [0.29, 0.717) is 36.7 Å². The molecule has 8 nitrogen and oxygen atoms in total. The third-order valence-electron chi connectivity index (χ3n) is 13.7. The summed E-state index contributed by atoms with van der Waals surface area (Å²) in [5.74, 6) is 4.50. The normalized spacial score (nSPS) is 32.7. The number of hydrogen-bond acceptors (Lipinski definition) is 8. The number of hydrogen-bond donors (Lipinski definition) is 8. The van der Waals surface area contributed by atoms with Crippen LogP contribution in [0.15, 0.2) is 0 Å². The van der Waals surface area contributed by atoms with Gasteiger partial charge in [0.25, 0.3) is 0 Å². The van der Waals surface area contributed by atoms with Crippen LogP contribution in [0.5, 0.6) is 0 Å². The van der Waals surface area contributed by atoms with Gasteiger partial charge in [-0.25, -0.2) is 0 Å². The number of aliphatic hydroxyl groups excluding tert-OH is 2. The first-order valence-corrected chi connectivity index (χ1v) is 25.5. The molecule has 10 N–H and O–H groups in total. The number of nitrogens with two attached hydrogens (primary N) is 2. The van der Waals surface area contributed by atoms with Crippen LogP contribution in [0.2, 0.25) is 0 Å². The van der Waals surface area contributed by atoms with E-state index in [1.54, 1.807) is 0 Å². The minimum absolute atomic E-state index is 0. The van der Waals surface area contributed by atoms with Crippen molar-refractivity contribution in [3.63, 3.8) is 0 Å². The Kier molecular flexibility index (Phi) is 62.0. The molecular weight excluding hydrogens is 850 g/mol. The summed E-state index contributed by atoms with van der Waals surface area (Å²) in [6.07, 6.45) is 33.3. The van der Waals surface area contributed by atoms with E-state index in [1.165, 1.54) is 141 Å². The Morgan fingerprint density at radius 1 is 0.426 bits per heavy atom. The van der Waals surface area contributed by atoms with Crippen molar-refractivity contribution < 1.29 is 72.2 Å². The molecule has 0 aromatic carbocycles. The number of nitrogens with one attached hydrogen (secondary N) is 4. The van der Waals surface area contributed by atoms with Crippen molar-refractivity contribution >= 4 is 37.6 Å². The molecule has 0 radical (unpaired) electrons. The molecule has 0 saturated heterocycles. The molecule has 0 spiro atoms. The number of rotatable bonds is 7. The van der Waals surface area contributed by atoms with Crippen molar-refractivity contribution in [2.45, 2.75) is 267 Å². The Bertz CT molecular complexity index is 741. The van der Waals surface area contributed by atoms with Gasteiger partial charge in [-0.15, -0.1) is 0 Å². The van der Waals surface area contributed by atoms with Crippen molar-refractivity contribution in [1.82, 2.24) is 20.3 Å². The minimum Gasteiger partial charge on any atom is -1.00 e. The van der Waals surface area contributed by atoms with Crippen LogP contribution in [0.1, 0.15) is 227 Å². The molecule has 6 aliphatic rings. The van der Waals surface area contributed by atoms with Crippen molar-refractivity contribution in [1.29, 1.82) is 0 Å². The summed E-state index contributed by atoms with van der Waals surface area (Å²) in [5.41, 5.74) is 11.4. The maximum absolute atomic E-state index is 9.09. The molecule has 6 rings (SSSR count). The van der Waals surface area contributed by atoms with Gasteiger partial charge in [-0.2, -0.15) is 0 Å². The van der Waals surface area contributed by atoms with E-state index in [9.17, 15) is 0 Å². The van der Waals surface area contributed by atoms with Gasteiger partial charge in [0.05, 0.1) is 6.10 Å². The molecule has 14 heteroatoms.